The van der Waals surface area contributed by atoms with Crippen LogP contribution in [0, 0.1) is 6.92 Å². The monoisotopic (exact) mass is 309 g/mol. The van der Waals surface area contributed by atoms with E-state index in [1.165, 1.54) is 0 Å². The van der Waals surface area contributed by atoms with Gasteiger partial charge in [0.2, 0.25) is 0 Å². The molecule has 0 saturated heterocycles. The van der Waals surface area contributed by atoms with Gasteiger partial charge >= 0.3 is 0 Å². The van der Waals surface area contributed by atoms with Gasteiger partial charge in [0.25, 0.3) is 10.0 Å². The molecule has 0 unspecified atom stereocenters. The molecule has 20 heavy (non-hydrogen) atoms. The summed E-state index contributed by atoms with van der Waals surface area (Å²) in [4.78, 5) is 0.254. The van der Waals surface area contributed by atoms with Crippen molar-refractivity contribution in [3.63, 3.8) is 0 Å². The minimum absolute atomic E-state index is 0.254. The molecule has 0 aromatic heterocycles. The zero-order valence-corrected chi connectivity index (χ0v) is 12.9. The Bertz CT molecular complexity index is 709. The molecule has 0 bridgehead atoms. The highest BCUT2D eigenvalue weighted by Gasteiger charge is 2.15. The Hall–Kier alpha value is -1.52. The van der Waals surface area contributed by atoms with Gasteiger partial charge in [-0.25, -0.2) is 8.42 Å². The molecule has 0 aliphatic rings. The first-order chi connectivity index (χ1) is 9.42. The molecular weight excluding hydrogens is 294 g/mol. The van der Waals surface area contributed by atoms with Crippen molar-refractivity contribution < 1.29 is 8.42 Å². The van der Waals surface area contributed by atoms with Gasteiger partial charge in [-0.1, -0.05) is 30.7 Å². The van der Waals surface area contributed by atoms with E-state index in [9.17, 15) is 8.42 Å². The second-order valence-corrected chi connectivity index (χ2v) is 6.68. The third-order valence-electron chi connectivity index (χ3n) is 3.07. The second-order valence-electron chi connectivity index (χ2n) is 4.56. The molecule has 0 saturated carbocycles. The van der Waals surface area contributed by atoms with Gasteiger partial charge in [-0.2, -0.15) is 0 Å². The maximum atomic E-state index is 12.3. The van der Waals surface area contributed by atoms with Crippen molar-refractivity contribution in [1.82, 2.24) is 0 Å². The van der Waals surface area contributed by atoms with Crippen LogP contribution in [-0.2, 0) is 16.4 Å². The lowest BCUT2D eigenvalue weighted by Gasteiger charge is -2.11. The first kappa shape index (κ1) is 14.9. The first-order valence-corrected chi connectivity index (χ1v) is 8.16. The fourth-order valence-corrected chi connectivity index (χ4v) is 3.21. The number of nitrogens with one attached hydrogen (secondary N) is 1. The number of hydrogen-bond donors (Lipinski definition) is 1. The lowest BCUT2D eigenvalue weighted by Crippen LogP contribution is -2.13. The molecule has 0 heterocycles. The van der Waals surface area contributed by atoms with Gasteiger partial charge in [0.1, 0.15) is 0 Å². The summed E-state index contributed by atoms with van der Waals surface area (Å²) < 4.78 is 27.2. The Balaban J connectivity index is 2.30. The van der Waals surface area contributed by atoms with Gasteiger partial charge in [0.15, 0.2) is 0 Å². The number of benzene rings is 2. The Morgan fingerprint density at radius 1 is 1.10 bits per heavy atom. The number of anilines is 1. The maximum absolute atomic E-state index is 12.3. The molecule has 0 spiro atoms. The van der Waals surface area contributed by atoms with Gasteiger partial charge in [-0.15, -0.1) is 0 Å². The molecule has 0 aliphatic heterocycles. The summed E-state index contributed by atoms with van der Waals surface area (Å²) >= 11 is 5.86. The van der Waals surface area contributed by atoms with E-state index in [4.69, 9.17) is 11.6 Å². The average Bonchev–Trinajstić information content (AvgIpc) is 2.42. The third-order valence-corrected chi connectivity index (χ3v) is 4.69. The highest BCUT2D eigenvalue weighted by atomic mass is 35.5. The molecule has 0 atom stereocenters. The van der Waals surface area contributed by atoms with Crippen molar-refractivity contribution in [3.8, 4) is 0 Å². The van der Waals surface area contributed by atoms with Crippen LogP contribution in [0.15, 0.2) is 47.4 Å². The summed E-state index contributed by atoms with van der Waals surface area (Å²) in [7, 11) is -3.57. The van der Waals surface area contributed by atoms with Crippen molar-refractivity contribution in [2.24, 2.45) is 0 Å². The zero-order chi connectivity index (χ0) is 14.8. The van der Waals surface area contributed by atoms with Gasteiger partial charge in [-0.3, -0.25) is 4.72 Å². The summed E-state index contributed by atoms with van der Waals surface area (Å²) in [6.07, 6.45) is 0.879. The van der Waals surface area contributed by atoms with E-state index in [1.54, 1.807) is 30.3 Å². The smallest absolute Gasteiger partial charge is 0.261 e. The van der Waals surface area contributed by atoms with Crippen molar-refractivity contribution >= 4 is 27.3 Å². The minimum Gasteiger partial charge on any atom is -0.279 e. The van der Waals surface area contributed by atoms with E-state index in [0.29, 0.717) is 10.7 Å². The van der Waals surface area contributed by atoms with Gasteiger partial charge in [0.05, 0.1) is 10.6 Å². The Morgan fingerprint density at radius 2 is 1.75 bits per heavy atom. The third kappa shape index (κ3) is 3.32. The Kier molecular flexibility index (Phi) is 4.35. The molecule has 106 valence electrons. The van der Waals surface area contributed by atoms with Crippen molar-refractivity contribution in [3.05, 3.63) is 58.6 Å². The molecule has 1 N–H and O–H groups in total. The van der Waals surface area contributed by atoms with Crippen LogP contribution in [0.2, 0.25) is 5.02 Å². The highest BCUT2D eigenvalue weighted by molar-refractivity contribution is 7.92. The van der Waals surface area contributed by atoms with Crippen LogP contribution in [0.5, 0.6) is 0 Å². The fraction of sp³-hybridized carbons (Fsp3) is 0.200. The average molecular weight is 310 g/mol. The number of halogens is 1. The summed E-state index contributed by atoms with van der Waals surface area (Å²) in [5, 5.41) is 0.581. The van der Waals surface area contributed by atoms with Crippen molar-refractivity contribution in [2.75, 3.05) is 4.72 Å². The molecule has 0 amide bonds. The number of aryl methyl sites for hydroxylation is 2. The van der Waals surface area contributed by atoms with Crippen LogP contribution < -0.4 is 4.72 Å². The molecule has 2 aromatic rings. The standard InChI is InChI=1S/C15H16ClNO2S/c1-3-12-4-7-14(8-5-12)20(18,19)17-15-9-6-13(16)10-11(15)2/h4-10,17H,3H2,1-2H3. The fourth-order valence-electron chi connectivity index (χ4n) is 1.85. The normalized spacial score (nSPS) is 11.3. The second kappa shape index (κ2) is 5.85. The summed E-state index contributed by atoms with van der Waals surface area (Å²) in [6.45, 7) is 3.84. The predicted octanol–water partition coefficient (Wildman–Crippen LogP) is 4.01. The van der Waals surface area contributed by atoms with Crippen LogP contribution in [0.4, 0.5) is 5.69 Å². The van der Waals surface area contributed by atoms with E-state index in [2.05, 4.69) is 4.72 Å². The molecule has 2 rings (SSSR count). The van der Waals surface area contributed by atoms with Crippen LogP contribution in [-0.4, -0.2) is 8.42 Å². The predicted molar refractivity (Wildman–Crippen MR) is 82.8 cm³/mol. The van der Waals surface area contributed by atoms with E-state index in [0.717, 1.165) is 17.5 Å². The van der Waals surface area contributed by atoms with Gasteiger partial charge in [0, 0.05) is 5.02 Å². The molecule has 2 aromatic carbocycles. The van der Waals surface area contributed by atoms with Crippen LogP contribution in [0.3, 0.4) is 0 Å². The maximum Gasteiger partial charge on any atom is 0.261 e. The van der Waals surface area contributed by atoms with Crippen LogP contribution in [0.25, 0.3) is 0 Å². The van der Waals surface area contributed by atoms with E-state index >= 15 is 0 Å². The molecule has 0 radical (unpaired) electrons. The number of hydrogen-bond acceptors (Lipinski definition) is 2. The summed E-state index contributed by atoms with van der Waals surface area (Å²) in [5.41, 5.74) is 2.42. The Morgan fingerprint density at radius 3 is 2.30 bits per heavy atom. The lowest BCUT2D eigenvalue weighted by atomic mass is 10.2. The first-order valence-electron chi connectivity index (χ1n) is 6.30. The Labute approximate surface area is 124 Å². The molecule has 0 fully saturated rings. The highest BCUT2D eigenvalue weighted by Crippen LogP contribution is 2.23. The molecule has 0 aliphatic carbocycles. The SMILES string of the molecule is CCc1ccc(S(=O)(=O)Nc2ccc(Cl)cc2C)cc1. The number of sulfonamides is 1. The molecule has 5 heteroatoms. The van der Waals surface area contributed by atoms with Crippen LogP contribution >= 0.6 is 11.6 Å². The minimum atomic E-state index is -3.57. The largest absolute Gasteiger partial charge is 0.279 e. The zero-order valence-electron chi connectivity index (χ0n) is 11.4. The van der Waals surface area contributed by atoms with E-state index in [-0.39, 0.29) is 4.90 Å². The quantitative estimate of drug-likeness (QED) is 0.927. The molecular formula is C15H16ClNO2S. The number of rotatable bonds is 4. The lowest BCUT2D eigenvalue weighted by molar-refractivity contribution is 0.601. The molecule has 3 nitrogen and oxygen atoms in total. The van der Waals surface area contributed by atoms with Gasteiger partial charge in [-0.05, 0) is 54.8 Å². The van der Waals surface area contributed by atoms with Gasteiger partial charge < -0.3 is 0 Å². The van der Waals surface area contributed by atoms with Crippen LogP contribution in [0.1, 0.15) is 18.1 Å². The summed E-state index contributed by atoms with van der Waals surface area (Å²) in [5.74, 6) is 0. The topological polar surface area (TPSA) is 46.2 Å². The van der Waals surface area contributed by atoms with E-state index in [1.807, 2.05) is 26.0 Å². The van der Waals surface area contributed by atoms with E-state index < -0.39 is 10.0 Å². The van der Waals surface area contributed by atoms with Crippen molar-refractivity contribution in [1.29, 1.82) is 0 Å². The van der Waals surface area contributed by atoms with Crippen molar-refractivity contribution in [2.45, 2.75) is 25.2 Å². The summed E-state index contributed by atoms with van der Waals surface area (Å²) in [6, 6.07) is 11.9.